The average Bonchev–Trinajstić information content (AvgIpc) is 2.57. The lowest BCUT2D eigenvalue weighted by Gasteiger charge is -2.10. The van der Waals surface area contributed by atoms with E-state index in [1.165, 1.54) is 0 Å². The molecule has 0 bridgehead atoms. The molecule has 1 atom stereocenters. The van der Waals surface area contributed by atoms with Crippen molar-refractivity contribution in [3.63, 3.8) is 0 Å². The third-order valence-corrected chi connectivity index (χ3v) is 3.08. The van der Waals surface area contributed by atoms with E-state index >= 15 is 0 Å². The molecular weight excluding hydrogens is 218 g/mol. The summed E-state index contributed by atoms with van der Waals surface area (Å²) in [4.78, 5) is 15.6. The summed E-state index contributed by atoms with van der Waals surface area (Å²) < 4.78 is 1.94. The van der Waals surface area contributed by atoms with Gasteiger partial charge in [0.05, 0.1) is 17.0 Å². The van der Waals surface area contributed by atoms with Crippen LogP contribution in [0.25, 0.3) is 11.0 Å². The smallest absolute Gasteiger partial charge is 0.312 e. The molecule has 0 spiro atoms. The molecule has 5 nitrogen and oxygen atoms in total. The summed E-state index contributed by atoms with van der Waals surface area (Å²) in [5.74, 6) is -0.759. The minimum absolute atomic E-state index is 0.0735. The highest BCUT2D eigenvalue weighted by atomic mass is 16.4. The molecule has 0 fully saturated rings. The summed E-state index contributed by atoms with van der Waals surface area (Å²) in [6.07, 6.45) is 0. The molecule has 0 aliphatic heterocycles. The number of carbonyl (C=O) groups is 1. The van der Waals surface area contributed by atoms with Gasteiger partial charge in [0.2, 0.25) is 0 Å². The first-order valence-corrected chi connectivity index (χ1v) is 5.41. The summed E-state index contributed by atoms with van der Waals surface area (Å²) in [7, 11) is 1.91. The maximum absolute atomic E-state index is 11.2. The molecule has 0 saturated carbocycles. The minimum atomic E-state index is -0.914. The van der Waals surface area contributed by atoms with Gasteiger partial charge >= 0.3 is 5.97 Å². The van der Waals surface area contributed by atoms with E-state index in [1.54, 1.807) is 6.07 Å². The summed E-state index contributed by atoms with van der Waals surface area (Å²) >= 11 is 0. The Morgan fingerprint density at radius 1 is 1.59 bits per heavy atom. The first kappa shape index (κ1) is 11.6. The van der Waals surface area contributed by atoms with Crippen molar-refractivity contribution in [3.8, 4) is 0 Å². The third kappa shape index (κ3) is 1.78. The Labute approximate surface area is 98.9 Å². The lowest BCUT2D eigenvalue weighted by atomic mass is 9.98. The molecule has 0 radical (unpaired) electrons. The van der Waals surface area contributed by atoms with Gasteiger partial charge in [-0.1, -0.05) is 12.1 Å². The number of carboxylic acid groups (broad SMARTS) is 1. The molecule has 0 saturated heterocycles. The zero-order chi connectivity index (χ0) is 12.6. The number of carboxylic acids is 1. The zero-order valence-electron chi connectivity index (χ0n) is 9.84. The second-order valence-corrected chi connectivity index (χ2v) is 4.06. The number of para-hydroxylation sites is 1. The highest BCUT2D eigenvalue weighted by molar-refractivity contribution is 5.87. The summed E-state index contributed by atoms with van der Waals surface area (Å²) in [5.41, 5.74) is 7.87. The number of rotatable bonds is 3. The molecule has 1 aromatic heterocycles. The average molecular weight is 233 g/mol. The Morgan fingerprint density at radius 3 is 2.88 bits per heavy atom. The highest BCUT2D eigenvalue weighted by Gasteiger charge is 2.22. The Balaban J connectivity index is 2.69. The number of aryl methyl sites for hydroxylation is 2. The van der Waals surface area contributed by atoms with E-state index in [-0.39, 0.29) is 6.54 Å². The summed E-state index contributed by atoms with van der Waals surface area (Å²) in [6, 6.07) is 5.54. The SMILES string of the molecule is Cc1nc2c(C(CN)C(=O)O)cccc2n1C. The molecule has 2 rings (SSSR count). The van der Waals surface area contributed by atoms with Crippen molar-refractivity contribution in [1.82, 2.24) is 9.55 Å². The number of nitrogens with two attached hydrogens (primary N) is 1. The zero-order valence-corrected chi connectivity index (χ0v) is 9.84. The monoisotopic (exact) mass is 233 g/mol. The third-order valence-electron chi connectivity index (χ3n) is 3.08. The minimum Gasteiger partial charge on any atom is -0.481 e. The molecule has 0 amide bonds. The van der Waals surface area contributed by atoms with Gasteiger partial charge in [0.1, 0.15) is 5.82 Å². The topological polar surface area (TPSA) is 81.1 Å². The van der Waals surface area contributed by atoms with Gasteiger partial charge in [-0.05, 0) is 18.6 Å². The Morgan fingerprint density at radius 2 is 2.29 bits per heavy atom. The molecule has 3 N–H and O–H groups in total. The van der Waals surface area contributed by atoms with Crippen LogP contribution < -0.4 is 5.73 Å². The molecule has 0 aliphatic rings. The van der Waals surface area contributed by atoms with Crippen molar-refractivity contribution in [2.45, 2.75) is 12.8 Å². The predicted octanol–water partition coefficient (Wildman–Crippen LogP) is 1.01. The number of aromatic nitrogens is 2. The van der Waals surface area contributed by atoms with Crippen LogP contribution in [0.2, 0.25) is 0 Å². The molecule has 0 aliphatic carbocycles. The second kappa shape index (κ2) is 4.18. The molecule has 17 heavy (non-hydrogen) atoms. The van der Waals surface area contributed by atoms with Crippen LogP contribution in [-0.2, 0) is 11.8 Å². The van der Waals surface area contributed by atoms with E-state index in [9.17, 15) is 4.79 Å². The lowest BCUT2D eigenvalue weighted by molar-refractivity contribution is -0.138. The summed E-state index contributed by atoms with van der Waals surface area (Å²) in [5, 5.41) is 9.15. The van der Waals surface area contributed by atoms with Crippen molar-refractivity contribution >= 4 is 17.0 Å². The quantitative estimate of drug-likeness (QED) is 0.829. The van der Waals surface area contributed by atoms with Crippen molar-refractivity contribution in [3.05, 3.63) is 29.6 Å². The van der Waals surface area contributed by atoms with E-state index < -0.39 is 11.9 Å². The van der Waals surface area contributed by atoms with Crippen LogP contribution in [0.4, 0.5) is 0 Å². The fraction of sp³-hybridized carbons (Fsp3) is 0.333. The van der Waals surface area contributed by atoms with Crippen LogP contribution in [0.3, 0.4) is 0 Å². The highest BCUT2D eigenvalue weighted by Crippen LogP contribution is 2.25. The maximum Gasteiger partial charge on any atom is 0.312 e. The van der Waals surface area contributed by atoms with Crippen LogP contribution in [-0.4, -0.2) is 27.2 Å². The van der Waals surface area contributed by atoms with Crippen LogP contribution in [0.1, 0.15) is 17.3 Å². The maximum atomic E-state index is 11.2. The van der Waals surface area contributed by atoms with E-state index in [0.29, 0.717) is 5.56 Å². The van der Waals surface area contributed by atoms with Crippen molar-refractivity contribution < 1.29 is 9.90 Å². The van der Waals surface area contributed by atoms with Crippen LogP contribution in [0.5, 0.6) is 0 Å². The normalized spacial score (nSPS) is 12.9. The molecule has 5 heteroatoms. The van der Waals surface area contributed by atoms with Gasteiger partial charge in [0, 0.05) is 13.6 Å². The van der Waals surface area contributed by atoms with Crippen molar-refractivity contribution in [2.24, 2.45) is 12.8 Å². The van der Waals surface area contributed by atoms with Crippen molar-refractivity contribution in [1.29, 1.82) is 0 Å². The summed E-state index contributed by atoms with van der Waals surface area (Å²) in [6.45, 7) is 1.96. The van der Waals surface area contributed by atoms with Crippen LogP contribution >= 0.6 is 0 Å². The van der Waals surface area contributed by atoms with E-state index in [1.807, 2.05) is 30.7 Å². The van der Waals surface area contributed by atoms with Gasteiger partial charge in [0.25, 0.3) is 0 Å². The van der Waals surface area contributed by atoms with Gasteiger partial charge < -0.3 is 15.4 Å². The number of hydrogen-bond donors (Lipinski definition) is 2. The van der Waals surface area contributed by atoms with Crippen LogP contribution in [0, 0.1) is 6.92 Å². The van der Waals surface area contributed by atoms with E-state index in [0.717, 1.165) is 16.9 Å². The molecule has 1 unspecified atom stereocenters. The number of fused-ring (bicyclic) bond motifs is 1. The number of imidazole rings is 1. The van der Waals surface area contributed by atoms with Gasteiger partial charge in [-0.15, -0.1) is 0 Å². The fourth-order valence-electron chi connectivity index (χ4n) is 1.99. The first-order chi connectivity index (χ1) is 8.06. The van der Waals surface area contributed by atoms with Gasteiger partial charge in [-0.3, -0.25) is 4.79 Å². The molecule has 1 heterocycles. The van der Waals surface area contributed by atoms with Gasteiger partial charge in [-0.2, -0.15) is 0 Å². The number of nitrogens with zero attached hydrogens (tertiary/aromatic N) is 2. The standard InChI is InChI=1S/C12H15N3O2/c1-7-14-11-8(9(6-13)12(16)17)4-3-5-10(11)15(7)2/h3-5,9H,6,13H2,1-2H3,(H,16,17). The predicted molar refractivity (Wildman–Crippen MR) is 64.9 cm³/mol. The Kier molecular flexibility index (Phi) is 2.85. The second-order valence-electron chi connectivity index (χ2n) is 4.06. The van der Waals surface area contributed by atoms with Crippen LogP contribution in [0.15, 0.2) is 18.2 Å². The lowest BCUT2D eigenvalue weighted by Crippen LogP contribution is -2.21. The Hall–Kier alpha value is -1.88. The number of hydrogen-bond acceptors (Lipinski definition) is 3. The largest absolute Gasteiger partial charge is 0.481 e. The Bertz CT molecular complexity index is 574. The van der Waals surface area contributed by atoms with Gasteiger partial charge in [-0.25, -0.2) is 4.98 Å². The first-order valence-electron chi connectivity index (χ1n) is 5.41. The fourth-order valence-corrected chi connectivity index (χ4v) is 1.99. The number of aliphatic carboxylic acids is 1. The van der Waals surface area contributed by atoms with Crippen molar-refractivity contribution in [2.75, 3.05) is 6.54 Å². The van der Waals surface area contributed by atoms with E-state index in [4.69, 9.17) is 10.8 Å². The van der Waals surface area contributed by atoms with Gasteiger partial charge in [0.15, 0.2) is 0 Å². The molecule has 2 aromatic rings. The molecule has 90 valence electrons. The van der Waals surface area contributed by atoms with E-state index in [2.05, 4.69) is 4.98 Å². The number of benzene rings is 1. The molecular formula is C12H15N3O2. The molecule has 1 aromatic carbocycles.